The number of hydrogen-bond acceptors (Lipinski definition) is 5. The van der Waals surface area contributed by atoms with Crippen molar-refractivity contribution in [3.63, 3.8) is 0 Å². The van der Waals surface area contributed by atoms with Crippen LogP contribution in [0.25, 0.3) is 5.69 Å². The summed E-state index contributed by atoms with van der Waals surface area (Å²) in [6, 6.07) is 7.73. The number of carbonyl (C=O) groups is 1. The minimum absolute atomic E-state index is 0.135. The summed E-state index contributed by atoms with van der Waals surface area (Å²) in [5.74, 6) is -0.188. The third-order valence-corrected chi connectivity index (χ3v) is 3.95. The molecule has 1 amide bonds. The number of carbonyl (C=O) groups excluding carboxylic acids is 1. The van der Waals surface area contributed by atoms with Gasteiger partial charge in [0.2, 0.25) is 5.91 Å². The Kier molecular flexibility index (Phi) is 5.92. The van der Waals surface area contributed by atoms with Crippen LogP contribution in [0.5, 0.6) is 0 Å². The minimum Gasteiger partial charge on any atom is -0.353 e. The van der Waals surface area contributed by atoms with Crippen molar-refractivity contribution in [2.45, 2.75) is 38.7 Å². The van der Waals surface area contributed by atoms with Crippen molar-refractivity contribution in [2.75, 3.05) is 6.61 Å². The van der Waals surface area contributed by atoms with Gasteiger partial charge in [-0.1, -0.05) is 23.9 Å². The summed E-state index contributed by atoms with van der Waals surface area (Å²) in [4.78, 5) is 11.2. The van der Waals surface area contributed by atoms with Gasteiger partial charge < -0.3 is 14.8 Å². The predicted octanol–water partition coefficient (Wildman–Crippen LogP) is 2.11. The second kappa shape index (κ2) is 8.55. The highest BCUT2D eigenvalue weighted by molar-refractivity contribution is 5.86. The number of ether oxygens (including phenoxy) is 2. The molecule has 1 aromatic carbocycles. The molecule has 1 aromatic heterocycles. The van der Waals surface area contributed by atoms with Crippen molar-refractivity contribution in [2.24, 2.45) is 0 Å². The average molecular weight is 342 g/mol. The molecular formula is C18H22N4O3. The molecule has 1 aliphatic rings. The molecule has 1 N–H and O–H groups in total. The van der Waals surface area contributed by atoms with E-state index < -0.39 is 0 Å². The number of amides is 1. The van der Waals surface area contributed by atoms with Gasteiger partial charge >= 0.3 is 0 Å². The monoisotopic (exact) mass is 342 g/mol. The Labute approximate surface area is 146 Å². The average Bonchev–Trinajstić information content (AvgIpc) is 3.14. The lowest BCUT2D eigenvalue weighted by Crippen LogP contribution is -2.22. The second-order valence-corrected chi connectivity index (χ2v) is 5.85. The van der Waals surface area contributed by atoms with Gasteiger partial charge in [-0.3, -0.25) is 4.79 Å². The maximum Gasteiger partial charge on any atom is 0.243 e. The summed E-state index contributed by atoms with van der Waals surface area (Å²) < 4.78 is 13.0. The summed E-state index contributed by atoms with van der Waals surface area (Å²) in [6.07, 6.45) is 6.13. The zero-order valence-electron chi connectivity index (χ0n) is 14.1. The van der Waals surface area contributed by atoms with Gasteiger partial charge in [0, 0.05) is 13.2 Å². The molecule has 1 aliphatic heterocycles. The van der Waals surface area contributed by atoms with Gasteiger partial charge in [0.1, 0.15) is 5.69 Å². The van der Waals surface area contributed by atoms with E-state index in [1.807, 2.05) is 30.5 Å². The Morgan fingerprint density at radius 2 is 2.24 bits per heavy atom. The van der Waals surface area contributed by atoms with Gasteiger partial charge in [0.15, 0.2) is 6.29 Å². The fourth-order valence-corrected chi connectivity index (χ4v) is 2.54. The number of rotatable bonds is 7. The standard InChI is InChI=1S/C18H22N4O3/c1-2-17(23)19-11-14-6-8-16(9-7-14)22-12-15(20-21-22)13-25-18-5-3-4-10-24-18/h2,6-9,12,18H,1,3-5,10-11,13H2,(H,19,23). The zero-order valence-corrected chi connectivity index (χ0v) is 14.1. The van der Waals surface area contributed by atoms with Crippen LogP contribution in [0, 0.1) is 0 Å². The fourth-order valence-electron chi connectivity index (χ4n) is 2.54. The molecule has 1 unspecified atom stereocenters. The van der Waals surface area contributed by atoms with Crippen LogP contribution in [0.2, 0.25) is 0 Å². The lowest BCUT2D eigenvalue weighted by molar-refractivity contribution is -0.169. The predicted molar refractivity (Wildman–Crippen MR) is 91.8 cm³/mol. The van der Waals surface area contributed by atoms with E-state index in [-0.39, 0.29) is 12.2 Å². The molecule has 1 fully saturated rings. The van der Waals surface area contributed by atoms with Crippen molar-refractivity contribution >= 4 is 5.91 Å². The van der Waals surface area contributed by atoms with Gasteiger partial charge in [-0.05, 0) is 43.0 Å². The van der Waals surface area contributed by atoms with Crippen LogP contribution in [0.3, 0.4) is 0 Å². The Morgan fingerprint density at radius 1 is 1.40 bits per heavy atom. The summed E-state index contributed by atoms with van der Waals surface area (Å²) >= 11 is 0. The summed E-state index contributed by atoms with van der Waals surface area (Å²) in [5.41, 5.74) is 2.65. The molecule has 0 spiro atoms. The van der Waals surface area contributed by atoms with Crippen molar-refractivity contribution in [3.8, 4) is 5.69 Å². The topological polar surface area (TPSA) is 78.3 Å². The fraction of sp³-hybridized carbons (Fsp3) is 0.389. The molecule has 1 atom stereocenters. The first-order valence-corrected chi connectivity index (χ1v) is 8.38. The maximum absolute atomic E-state index is 11.2. The molecule has 0 saturated carbocycles. The quantitative estimate of drug-likeness (QED) is 0.780. The highest BCUT2D eigenvalue weighted by Crippen LogP contribution is 2.15. The van der Waals surface area contributed by atoms with Crippen LogP contribution in [0.15, 0.2) is 43.1 Å². The van der Waals surface area contributed by atoms with Crippen LogP contribution in [0.4, 0.5) is 0 Å². The van der Waals surface area contributed by atoms with E-state index in [0.29, 0.717) is 13.2 Å². The number of aromatic nitrogens is 3. The zero-order chi connectivity index (χ0) is 17.5. The highest BCUT2D eigenvalue weighted by Gasteiger charge is 2.15. The molecule has 0 radical (unpaired) electrons. The minimum atomic E-state index is -0.188. The molecular weight excluding hydrogens is 320 g/mol. The molecule has 25 heavy (non-hydrogen) atoms. The first-order chi connectivity index (χ1) is 12.2. The van der Waals surface area contributed by atoms with Crippen molar-refractivity contribution in [3.05, 3.63) is 54.4 Å². The second-order valence-electron chi connectivity index (χ2n) is 5.85. The molecule has 0 bridgehead atoms. The number of benzene rings is 1. The first kappa shape index (κ1) is 17.3. The van der Waals surface area contributed by atoms with E-state index >= 15 is 0 Å². The summed E-state index contributed by atoms with van der Waals surface area (Å²) in [6.45, 7) is 5.03. The third-order valence-electron chi connectivity index (χ3n) is 3.95. The highest BCUT2D eigenvalue weighted by atomic mass is 16.7. The van der Waals surface area contributed by atoms with Crippen LogP contribution >= 0.6 is 0 Å². The van der Waals surface area contributed by atoms with Crippen molar-refractivity contribution in [1.82, 2.24) is 20.3 Å². The molecule has 2 aromatic rings. The summed E-state index contributed by atoms with van der Waals surface area (Å²) in [7, 11) is 0. The maximum atomic E-state index is 11.2. The van der Waals surface area contributed by atoms with Crippen LogP contribution in [0.1, 0.15) is 30.5 Å². The van der Waals surface area contributed by atoms with E-state index in [1.165, 1.54) is 6.08 Å². The van der Waals surface area contributed by atoms with E-state index in [9.17, 15) is 4.79 Å². The lowest BCUT2D eigenvalue weighted by Gasteiger charge is -2.22. The summed E-state index contributed by atoms with van der Waals surface area (Å²) in [5, 5.41) is 11.0. The Hall–Kier alpha value is -2.51. The SMILES string of the molecule is C=CC(=O)NCc1ccc(-n2cc(COC3CCCCO3)nn2)cc1. The Balaban J connectivity index is 1.54. The van der Waals surface area contributed by atoms with E-state index in [0.717, 1.165) is 42.8 Å². The van der Waals surface area contributed by atoms with E-state index in [1.54, 1.807) is 4.68 Å². The van der Waals surface area contributed by atoms with Crippen molar-refractivity contribution < 1.29 is 14.3 Å². The number of nitrogens with one attached hydrogen (secondary N) is 1. The number of hydrogen-bond donors (Lipinski definition) is 1. The Bertz CT molecular complexity index is 705. The van der Waals surface area contributed by atoms with Crippen LogP contribution in [-0.2, 0) is 27.4 Å². The van der Waals surface area contributed by atoms with E-state index in [2.05, 4.69) is 22.2 Å². The Morgan fingerprint density at radius 3 is 2.96 bits per heavy atom. The smallest absolute Gasteiger partial charge is 0.243 e. The molecule has 3 rings (SSSR count). The largest absolute Gasteiger partial charge is 0.353 e. The van der Waals surface area contributed by atoms with E-state index in [4.69, 9.17) is 9.47 Å². The lowest BCUT2D eigenvalue weighted by atomic mass is 10.2. The van der Waals surface area contributed by atoms with Crippen molar-refractivity contribution in [1.29, 1.82) is 0 Å². The molecule has 0 aliphatic carbocycles. The molecule has 2 heterocycles. The van der Waals surface area contributed by atoms with Crippen LogP contribution < -0.4 is 5.32 Å². The van der Waals surface area contributed by atoms with Gasteiger partial charge in [0.05, 0.1) is 18.5 Å². The molecule has 7 heteroatoms. The number of nitrogens with zero attached hydrogens (tertiary/aromatic N) is 3. The molecule has 132 valence electrons. The first-order valence-electron chi connectivity index (χ1n) is 8.38. The third kappa shape index (κ3) is 4.98. The normalized spacial score (nSPS) is 17.2. The molecule has 7 nitrogen and oxygen atoms in total. The molecule has 1 saturated heterocycles. The van der Waals surface area contributed by atoms with Gasteiger partial charge in [-0.15, -0.1) is 5.10 Å². The van der Waals surface area contributed by atoms with Gasteiger partial charge in [-0.25, -0.2) is 4.68 Å². The van der Waals surface area contributed by atoms with Gasteiger partial charge in [0.25, 0.3) is 0 Å². The van der Waals surface area contributed by atoms with Gasteiger partial charge in [-0.2, -0.15) is 0 Å². The van der Waals surface area contributed by atoms with Crippen LogP contribution in [-0.4, -0.2) is 33.8 Å².